The van der Waals surface area contributed by atoms with E-state index in [0.717, 1.165) is 11.1 Å². The van der Waals surface area contributed by atoms with Crippen molar-refractivity contribution < 1.29 is 19.1 Å². The summed E-state index contributed by atoms with van der Waals surface area (Å²) in [7, 11) is 0. The van der Waals surface area contributed by atoms with Gasteiger partial charge in [0.05, 0.1) is 12.2 Å². The van der Waals surface area contributed by atoms with Crippen LogP contribution in [0.25, 0.3) is 0 Å². The van der Waals surface area contributed by atoms with E-state index in [-0.39, 0.29) is 11.8 Å². The minimum atomic E-state index is -0.772. The van der Waals surface area contributed by atoms with E-state index in [9.17, 15) is 9.59 Å². The van der Waals surface area contributed by atoms with Gasteiger partial charge in [-0.3, -0.25) is 4.79 Å². The topological polar surface area (TPSA) is 64.6 Å². The van der Waals surface area contributed by atoms with E-state index in [1.165, 1.54) is 0 Å². The third kappa shape index (κ3) is 5.09. The van der Waals surface area contributed by atoms with Crippen LogP contribution in [-0.2, 0) is 4.79 Å². The zero-order chi connectivity index (χ0) is 20.0. The van der Waals surface area contributed by atoms with Crippen molar-refractivity contribution >= 4 is 11.9 Å². The summed E-state index contributed by atoms with van der Waals surface area (Å²) in [5, 5.41) is 2.80. The second-order valence-electron chi connectivity index (χ2n) is 6.77. The van der Waals surface area contributed by atoms with Gasteiger partial charge >= 0.3 is 5.97 Å². The van der Waals surface area contributed by atoms with E-state index in [0.29, 0.717) is 23.7 Å². The van der Waals surface area contributed by atoms with E-state index < -0.39 is 12.0 Å². The first-order chi connectivity index (χ1) is 12.8. The summed E-state index contributed by atoms with van der Waals surface area (Å²) < 4.78 is 11.1. The number of carbonyl (C=O) groups excluding carboxylic acids is 2. The third-order valence-corrected chi connectivity index (χ3v) is 4.25. The molecule has 1 N–H and O–H groups in total. The van der Waals surface area contributed by atoms with Crippen LogP contribution in [0, 0.1) is 19.8 Å². The fraction of sp³-hybridized carbons (Fsp3) is 0.364. The predicted octanol–water partition coefficient (Wildman–Crippen LogP) is 4.06. The zero-order valence-electron chi connectivity index (χ0n) is 16.5. The van der Waals surface area contributed by atoms with Crippen molar-refractivity contribution in [2.24, 2.45) is 5.92 Å². The number of ether oxygens (including phenoxy) is 2. The average Bonchev–Trinajstić information content (AvgIpc) is 2.63. The summed E-state index contributed by atoms with van der Waals surface area (Å²) in [4.78, 5) is 25.5. The molecule has 0 aliphatic heterocycles. The average molecular weight is 369 g/mol. The SMILES string of the molecule is CCOc1ccccc1C(=O)N[C@H](C(=O)Oc1c(C)cccc1C)C(C)C. The summed E-state index contributed by atoms with van der Waals surface area (Å²) in [5.74, 6) is 0.0473. The monoisotopic (exact) mass is 369 g/mol. The lowest BCUT2D eigenvalue weighted by Gasteiger charge is -2.22. The highest BCUT2D eigenvalue weighted by Crippen LogP contribution is 2.24. The summed E-state index contributed by atoms with van der Waals surface area (Å²) in [6.45, 7) is 9.81. The molecule has 0 unspecified atom stereocenters. The molecule has 2 rings (SSSR count). The number of aryl methyl sites for hydroxylation is 2. The second-order valence-corrected chi connectivity index (χ2v) is 6.77. The Morgan fingerprint density at radius 1 is 1.00 bits per heavy atom. The number of para-hydroxylation sites is 2. The van der Waals surface area contributed by atoms with Gasteiger partial charge in [-0.25, -0.2) is 4.79 Å². The van der Waals surface area contributed by atoms with Crippen molar-refractivity contribution in [3.05, 3.63) is 59.2 Å². The van der Waals surface area contributed by atoms with Gasteiger partial charge in [-0.15, -0.1) is 0 Å². The molecule has 144 valence electrons. The van der Waals surface area contributed by atoms with Crippen LogP contribution in [0.5, 0.6) is 11.5 Å². The number of amides is 1. The van der Waals surface area contributed by atoms with Crippen LogP contribution in [0.15, 0.2) is 42.5 Å². The number of nitrogens with one attached hydrogen (secondary N) is 1. The van der Waals surface area contributed by atoms with Crippen LogP contribution in [0.2, 0.25) is 0 Å². The van der Waals surface area contributed by atoms with Crippen molar-refractivity contribution in [2.45, 2.75) is 40.7 Å². The summed E-state index contributed by atoms with van der Waals surface area (Å²) in [5.41, 5.74) is 2.14. The van der Waals surface area contributed by atoms with E-state index in [4.69, 9.17) is 9.47 Å². The summed E-state index contributed by atoms with van der Waals surface area (Å²) in [6.07, 6.45) is 0. The second kappa shape index (κ2) is 9.21. The molecule has 0 aromatic heterocycles. The molecule has 2 aromatic rings. The van der Waals surface area contributed by atoms with Gasteiger partial charge in [-0.1, -0.05) is 44.2 Å². The maximum atomic E-state index is 12.8. The lowest BCUT2D eigenvalue weighted by molar-refractivity contribution is -0.137. The molecule has 2 aromatic carbocycles. The highest BCUT2D eigenvalue weighted by molar-refractivity contribution is 5.99. The Morgan fingerprint density at radius 3 is 2.22 bits per heavy atom. The summed E-state index contributed by atoms with van der Waals surface area (Å²) >= 11 is 0. The Labute approximate surface area is 160 Å². The normalized spacial score (nSPS) is 11.8. The van der Waals surface area contributed by atoms with Crippen LogP contribution in [-0.4, -0.2) is 24.5 Å². The molecule has 27 heavy (non-hydrogen) atoms. The molecule has 0 spiro atoms. The maximum Gasteiger partial charge on any atom is 0.334 e. The molecule has 0 bridgehead atoms. The van der Waals surface area contributed by atoms with Gasteiger partial charge in [-0.05, 0) is 49.9 Å². The zero-order valence-corrected chi connectivity index (χ0v) is 16.5. The lowest BCUT2D eigenvalue weighted by atomic mass is 10.0. The van der Waals surface area contributed by atoms with Crippen LogP contribution in [0.3, 0.4) is 0 Å². The van der Waals surface area contributed by atoms with E-state index in [1.807, 2.05) is 52.8 Å². The molecule has 1 atom stereocenters. The Morgan fingerprint density at radius 2 is 1.63 bits per heavy atom. The molecule has 0 aliphatic carbocycles. The molecule has 0 aliphatic rings. The Bertz CT molecular complexity index is 793. The van der Waals surface area contributed by atoms with Crippen molar-refractivity contribution in [3.8, 4) is 11.5 Å². The Balaban J connectivity index is 2.20. The number of hydrogen-bond donors (Lipinski definition) is 1. The molecule has 0 saturated carbocycles. The molecule has 5 nitrogen and oxygen atoms in total. The van der Waals surface area contributed by atoms with Crippen molar-refractivity contribution in [1.82, 2.24) is 5.32 Å². The van der Waals surface area contributed by atoms with Gasteiger partial charge in [0.15, 0.2) is 0 Å². The molecule has 1 amide bonds. The highest BCUT2D eigenvalue weighted by Gasteiger charge is 2.28. The Kier molecular flexibility index (Phi) is 6.99. The fourth-order valence-electron chi connectivity index (χ4n) is 2.78. The predicted molar refractivity (Wildman–Crippen MR) is 105 cm³/mol. The Hall–Kier alpha value is -2.82. The van der Waals surface area contributed by atoms with Crippen molar-refractivity contribution in [2.75, 3.05) is 6.61 Å². The maximum absolute atomic E-state index is 12.8. The van der Waals surface area contributed by atoms with Gasteiger partial charge in [0.25, 0.3) is 5.91 Å². The number of rotatable bonds is 7. The van der Waals surface area contributed by atoms with E-state index in [1.54, 1.807) is 24.3 Å². The van der Waals surface area contributed by atoms with Gasteiger partial charge in [0, 0.05) is 0 Å². The van der Waals surface area contributed by atoms with Gasteiger partial charge in [-0.2, -0.15) is 0 Å². The molecule has 5 heteroatoms. The van der Waals surface area contributed by atoms with Crippen LogP contribution in [0.1, 0.15) is 42.3 Å². The molecule has 0 saturated heterocycles. The first-order valence-corrected chi connectivity index (χ1v) is 9.15. The van der Waals surface area contributed by atoms with Crippen LogP contribution < -0.4 is 14.8 Å². The molecule has 0 fully saturated rings. The largest absolute Gasteiger partial charge is 0.493 e. The fourth-order valence-corrected chi connectivity index (χ4v) is 2.78. The number of hydrogen-bond acceptors (Lipinski definition) is 4. The number of carbonyl (C=O) groups is 2. The van der Waals surface area contributed by atoms with Gasteiger partial charge in [0.2, 0.25) is 0 Å². The molecule has 0 radical (unpaired) electrons. The highest BCUT2D eigenvalue weighted by atomic mass is 16.5. The molecular formula is C22H27NO4. The van der Waals surface area contributed by atoms with Gasteiger partial charge in [0.1, 0.15) is 17.5 Å². The van der Waals surface area contributed by atoms with Crippen LogP contribution in [0.4, 0.5) is 0 Å². The van der Waals surface area contributed by atoms with E-state index >= 15 is 0 Å². The minimum Gasteiger partial charge on any atom is -0.493 e. The van der Waals surface area contributed by atoms with Crippen molar-refractivity contribution in [1.29, 1.82) is 0 Å². The van der Waals surface area contributed by atoms with Crippen molar-refractivity contribution in [3.63, 3.8) is 0 Å². The smallest absolute Gasteiger partial charge is 0.334 e. The first-order valence-electron chi connectivity index (χ1n) is 9.15. The standard InChI is InChI=1S/C22H27NO4/c1-6-26-18-13-8-7-12-17(18)21(24)23-19(14(2)3)22(25)27-20-15(4)10-9-11-16(20)5/h7-14,19H,6H2,1-5H3,(H,23,24)/t19-/m0/s1. The minimum absolute atomic E-state index is 0.134. The van der Waals surface area contributed by atoms with Gasteiger partial charge < -0.3 is 14.8 Å². The molecular weight excluding hydrogens is 342 g/mol. The molecule has 0 heterocycles. The number of esters is 1. The first kappa shape index (κ1) is 20.5. The quantitative estimate of drug-likeness (QED) is 0.590. The lowest BCUT2D eigenvalue weighted by Crippen LogP contribution is -2.46. The number of benzene rings is 2. The summed E-state index contributed by atoms with van der Waals surface area (Å²) in [6, 6.07) is 11.9. The van der Waals surface area contributed by atoms with E-state index in [2.05, 4.69) is 5.32 Å². The van der Waals surface area contributed by atoms with Crippen LogP contribution >= 0.6 is 0 Å². The third-order valence-electron chi connectivity index (χ3n) is 4.25.